The van der Waals surface area contributed by atoms with E-state index in [1.165, 1.54) is 6.42 Å². The van der Waals surface area contributed by atoms with E-state index in [0.717, 1.165) is 56.7 Å². The van der Waals surface area contributed by atoms with Crippen molar-refractivity contribution in [3.8, 4) is 0 Å². The number of carbonyl (C=O) groups excluding carboxylic acids is 1. The van der Waals surface area contributed by atoms with E-state index in [1.807, 2.05) is 6.20 Å². The summed E-state index contributed by atoms with van der Waals surface area (Å²) in [5, 5.41) is 7.21. The van der Waals surface area contributed by atoms with Crippen molar-refractivity contribution in [3.63, 3.8) is 0 Å². The Labute approximate surface area is 119 Å². The van der Waals surface area contributed by atoms with Crippen molar-refractivity contribution in [2.24, 2.45) is 5.92 Å². The minimum absolute atomic E-state index is 0.146. The molecule has 0 spiro atoms. The summed E-state index contributed by atoms with van der Waals surface area (Å²) in [5.74, 6) is 0.458. The second kappa shape index (κ2) is 5.95. The fraction of sp³-hybridized carbons (Fsp3) is 0.733. The second-order valence-electron chi connectivity index (χ2n) is 5.90. The summed E-state index contributed by atoms with van der Waals surface area (Å²) < 4.78 is 5.37. The average molecular weight is 277 g/mol. The standard InChI is InChI=1S/C15H23N3O2/c1-11-10-16-17-14(11)13-4-2-3-7-18(13)15(19)12-5-8-20-9-6-12/h10,12-13H,2-9H2,1H3,(H,16,17). The number of carbonyl (C=O) groups is 1. The molecule has 0 bridgehead atoms. The first kappa shape index (κ1) is 13.6. The lowest BCUT2D eigenvalue weighted by atomic mass is 9.92. The molecule has 0 radical (unpaired) electrons. The summed E-state index contributed by atoms with van der Waals surface area (Å²) in [7, 11) is 0. The molecule has 5 heteroatoms. The van der Waals surface area contributed by atoms with Crippen LogP contribution in [0, 0.1) is 12.8 Å². The molecule has 3 heterocycles. The quantitative estimate of drug-likeness (QED) is 0.901. The highest BCUT2D eigenvalue weighted by Gasteiger charge is 2.34. The second-order valence-corrected chi connectivity index (χ2v) is 5.90. The lowest BCUT2D eigenvalue weighted by Gasteiger charge is -2.38. The zero-order chi connectivity index (χ0) is 13.9. The summed E-state index contributed by atoms with van der Waals surface area (Å²) in [6.07, 6.45) is 6.91. The zero-order valence-corrected chi connectivity index (χ0v) is 12.1. The van der Waals surface area contributed by atoms with Crippen LogP contribution in [0.2, 0.25) is 0 Å². The predicted octanol–water partition coefficient (Wildman–Crippen LogP) is 2.20. The van der Waals surface area contributed by atoms with Crippen LogP contribution in [0.1, 0.15) is 49.4 Å². The first-order valence-electron chi connectivity index (χ1n) is 7.65. The van der Waals surface area contributed by atoms with E-state index in [9.17, 15) is 4.79 Å². The van der Waals surface area contributed by atoms with Gasteiger partial charge in [0.05, 0.1) is 17.9 Å². The van der Waals surface area contributed by atoms with Gasteiger partial charge in [0.25, 0.3) is 0 Å². The van der Waals surface area contributed by atoms with Crippen molar-refractivity contribution >= 4 is 5.91 Å². The van der Waals surface area contributed by atoms with Crippen molar-refractivity contribution in [3.05, 3.63) is 17.5 Å². The van der Waals surface area contributed by atoms with Crippen LogP contribution in [-0.2, 0) is 9.53 Å². The average Bonchev–Trinajstić information content (AvgIpc) is 2.93. The van der Waals surface area contributed by atoms with Crippen molar-refractivity contribution in [1.82, 2.24) is 15.1 Å². The number of hydrogen-bond acceptors (Lipinski definition) is 3. The molecule has 1 amide bonds. The van der Waals surface area contributed by atoms with Gasteiger partial charge >= 0.3 is 0 Å². The number of nitrogens with one attached hydrogen (secondary N) is 1. The Hall–Kier alpha value is -1.36. The van der Waals surface area contributed by atoms with Crippen molar-refractivity contribution in [2.75, 3.05) is 19.8 Å². The largest absolute Gasteiger partial charge is 0.381 e. The van der Waals surface area contributed by atoms with Crippen LogP contribution in [0.25, 0.3) is 0 Å². The molecule has 0 saturated carbocycles. The molecule has 20 heavy (non-hydrogen) atoms. The summed E-state index contributed by atoms with van der Waals surface area (Å²) in [5.41, 5.74) is 2.27. The molecule has 5 nitrogen and oxygen atoms in total. The van der Waals surface area contributed by atoms with Crippen LogP contribution in [0.3, 0.4) is 0 Å². The molecule has 2 saturated heterocycles. The number of piperidine rings is 1. The smallest absolute Gasteiger partial charge is 0.226 e. The number of H-pyrrole nitrogens is 1. The van der Waals surface area contributed by atoms with Crippen molar-refractivity contribution in [1.29, 1.82) is 0 Å². The molecule has 2 fully saturated rings. The number of amides is 1. The maximum atomic E-state index is 12.8. The maximum Gasteiger partial charge on any atom is 0.226 e. The van der Waals surface area contributed by atoms with E-state index < -0.39 is 0 Å². The van der Waals surface area contributed by atoms with Gasteiger partial charge in [0.15, 0.2) is 0 Å². The molecule has 3 rings (SSSR count). The van der Waals surface area contributed by atoms with Crippen LogP contribution in [0.15, 0.2) is 6.20 Å². The van der Waals surface area contributed by atoms with Gasteiger partial charge in [-0.2, -0.15) is 5.10 Å². The van der Waals surface area contributed by atoms with E-state index >= 15 is 0 Å². The molecule has 1 aromatic rings. The van der Waals surface area contributed by atoms with E-state index in [-0.39, 0.29) is 12.0 Å². The molecule has 110 valence electrons. The van der Waals surface area contributed by atoms with Crippen molar-refractivity contribution in [2.45, 2.75) is 45.1 Å². The fourth-order valence-corrected chi connectivity index (χ4v) is 3.37. The minimum Gasteiger partial charge on any atom is -0.381 e. The Morgan fingerprint density at radius 1 is 1.35 bits per heavy atom. The summed E-state index contributed by atoms with van der Waals surface area (Å²) >= 11 is 0. The Morgan fingerprint density at radius 2 is 2.15 bits per heavy atom. The Bertz CT molecular complexity index is 465. The Balaban J connectivity index is 1.78. The van der Waals surface area contributed by atoms with Gasteiger partial charge in [-0.25, -0.2) is 0 Å². The number of hydrogen-bond donors (Lipinski definition) is 1. The minimum atomic E-state index is 0.146. The van der Waals surface area contributed by atoms with E-state index in [2.05, 4.69) is 22.0 Å². The number of ether oxygens (including phenoxy) is 1. The molecular formula is C15H23N3O2. The normalized spacial score (nSPS) is 24.9. The third-order valence-corrected chi connectivity index (χ3v) is 4.56. The number of aromatic nitrogens is 2. The molecule has 1 aromatic heterocycles. The highest BCUT2D eigenvalue weighted by Crippen LogP contribution is 2.33. The van der Waals surface area contributed by atoms with Gasteiger partial charge in [-0.3, -0.25) is 9.89 Å². The molecule has 1 atom stereocenters. The summed E-state index contributed by atoms with van der Waals surface area (Å²) in [4.78, 5) is 14.9. The lowest BCUT2D eigenvalue weighted by molar-refractivity contribution is -0.142. The van der Waals surface area contributed by atoms with Crippen LogP contribution < -0.4 is 0 Å². The monoisotopic (exact) mass is 277 g/mol. The zero-order valence-electron chi connectivity index (χ0n) is 12.1. The predicted molar refractivity (Wildman–Crippen MR) is 75.2 cm³/mol. The highest BCUT2D eigenvalue weighted by molar-refractivity contribution is 5.79. The van der Waals surface area contributed by atoms with E-state index in [0.29, 0.717) is 5.91 Å². The topological polar surface area (TPSA) is 58.2 Å². The van der Waals surface area contributed by atoms with Gasteiger partial charge in [0, 0.05) is 25.7 Å². The van der Waals surface area contributed by atoms with Gasteiger partial charge in [-0.05, 0) is 44.6 Å². The summed E-state index contributed by atoms with van der Waals surface area (Å²) in [6.45, 7) is 4.37. The Kier molecular flexibility index (Phi) is 4.05. The molecule has 2 aliphatic heterocycles. The number of rotatable bonds is 2. The molecule has 2 aliphatic rings. The maximum absolute atomic E-state index is 12.8. The third-order valence-electron chi connectivity index (χ3n) is 4.56. The lowest BCUT2D eigenvalue weighted by Crippen LogP contribution is -2.43. The fourth-order valence-electron chi connectivity index (χ4n) is 3.37. The van der Waals surface area contributed by atoms with Crippen LogP contribution in [-0.4, -0.2) is 40.8 Å². The van der Waals surface area contributed by atoms with Crippen LogP contribution >= 0.6 is 0 Å². The van der Waals surface area contributed by atoms with Gasteiger partial charge in [-0.15, -0.1) is 0 Å². The molecule has 1 unspecified atom stereocenters. The molecule has 0 aliphatic carbocycles. The van der Waals surface area contributed by atoms with Gasteiger partial charge in [0.1, 0.15) is 0 Å². The number of aromatic amines is 1. The van der Waals surface area contributed by atoms with Gasteiger partial charge in [0.2, 0.25) is 5.91 Å². The molecular weight excluding hydrogens is 254 g/mol. The van der Waals surface area contributed by atoms with Crippen LogP contribution in [0.5, 0.6) is 0 Å². The van der Waals surface area contributed by atoms with Gasteiger partial charge < -0.3 is 9.64 Å². The SMILES string of the molecule is Cc1cn[nH]c1C1CCCCN1C(=O)C1CCOCC1. The molecule has 1 N–H and O–H groups in total. The van der Waals surface area contributed by atoms with Gasteiger partial charge in [-0.1, -0.05) is 0 Å². The summed E-state index contributed by atoms with van der Waals surface area (Å²) in [6, 6.07) is 0.182. The van der Waals surface area contributed by atoms with E-state index in [4.69, 9.17) is 4.74 Å². The highest BCUT2D eigenvalue weighted by atomic mass is 16.5. The number of nitrogens with zero attached hydrogens (tertiary/aromatic N) is 2. The molecule has 0 aromatic carbocycles. The third kappa shape index (κ3) is 2.59. The Morgan fingerprint density at radius 3 is 2.85 bits per heavy atom. The van der Waals surface area contributed by atoms with E-state index in [1.54, 1.807) is 0 Å². The number of likely N-dealkylation sites (tertiary alicyclic amines) is 1. The van der Waals surface area contributed by atoms with Crippen molar-refractivity contribution < 1.29 is 9.53 Å². The number of aryl methyl sites for hydroxylation is 1. The first-order chi connectivity index (χ1) is 9.77. The first-order valence-corrected chi connectivity index (χ1v) is 7.65. The van der Waals surface area contributed by atoms with Crippen LogP contribution in [0.4, 0.5) is 0 Å².